The molecule has 2 aromatic carbocycles. The summed E-state index contributed by atoms with van der Waals surface area (Å²) in [6.45, 7) is 1.11. The Kier molecular flexibility index (Phi) is 5.96. The van der Waals surface area contributed by atoms with Crippen LogP contribution in [-0.2, 0) is 0 Å². The average molecular weight is 332 g/mol. The molecular weight excluding hydrogens is 312 g/mol. The minimum atomic E-state index is 0.556. The standard InChI is InChI=1S/C18H20O2S2/c1-2-5-16(6-3-1)19-11-12-20-17-9-7-15(8-10-17)18-21-13-4-14-22-18/h1-3,5-10,18H,4,11-14H2. The molecule has 0 amide bonds. The van der Waals surface area contributed by atoms with Crippen LogP contribution in [0.5, 0.6) is 11.5 Å². The molecule has 4 heteroatoms. The van der Waals surface area contributed by atoms with Crippen LogP contribution in [0.4, 0.5) is 0 Å². The topological polar surface area (TPSA) is 18.5 Å². The van der Waals surface area contributed by atoms with E-state index in [0.717, 1.165) is 11.5 Å². The molecule has 1 saturated heterocycles. The van der Waals surface area contributed by atoms with Crippen molar-refractivity contribution < 1.29 is 9.47 Å². The van der Waals surface area contributed by atoms with Gasteiger partial charge < -0.3 is 9.47 Å². The number of rotatable bonds is 6. The Balaban J connectivity index is 1.43. The van der Waals surface area contributed by atoms with Crippen molar-refractivity contribution in [3.05, 3.63) is 60.2 Å². The van der Waals surface area contributed by atoms with Crippen LogP contribution in [-0.4, -0.2) is 24.7 Å². The lowest BCUT2D eigenvalue weighted by Gasteiger charge is -2.21. The quantitative estimate of drug-likeness (QED) is 0.692. The van der Waals surface area contributed by atoms with Crippen LogP contribution in [0.2, 0.25) is 0 Å². The van der Waals surface area contributed by atoms with Crippen molar-refractivity contribution >= 4 is 23.5 Å². The van der Waals surface area contributed by atoms with Gasteiger partial charge in [0.15, 0.2) is 0 Å². The highest BCUT2D eigenvalue weighted by Crippen LogP contribution is 2.43. The second-order valence-electron chi connectivity index (χ2n) is 5.01. The zero-order valence-corrected chi connectivity index (χ0v) is 14.1. The average Bonchev–Trinajstić information content (AvgIpc) is 2.61. The molecule has 22 heavy (non-hydrogen) atoms. The van der Waals surface area contributed by atoms with E-state index in [4.69, 9.17) is 9.47 Å². The molecule has 1 heterocycles. The molecule has 1 aliphatic heterocycles. The molecule has 0 atom stereocenters. The minimum Gasteiger partial charge on any atom is -0.490 e. The molecule has 0 aromatic heterocycles. The van der Waals surface area contributed by atoms with Gasteiger partial charge >= 0.3 is 0 Å². The largest absolute Gasteiger partial charge is 0.490 e. The summed E-state index contributed by atoms with van der Waals surface area (Å²) in [5, 5.41) is 0. The summed E-state index contributed by atoms with van der Waals surface area (Å²) in [6.07, 6.45) is 1.33. The van der Waals surface area contributed by atoms with Crippen molar-refractivity contribution in [1.82, 2.24) is 0 Å². The normalized spacial score (nSPS) is 15.5. The van der Waals surface area contributed by atoms with E-state index < -0.39 is 0 Å². The van der Waals surface area contributed by atoms with Crippen LogP contribution in [0.3, 0.4) is 0 Å². The van der Waals surface area contributed by atoms with Gasteiger partial charge in [-0.15, -0.1) is 23.5 Å². The molecule has 1 fully saturated rings. The molecule has 116 valence electrons. The van der Waals surface area contributed by atoms with Crippen molar-refractivity contribution in [3.63, 3.8) is 0 Å². The van der Waals surface area contributed by atoms with Gasteiger partial charge in [-0.2, -0.15) is 0 Å². The van der Waals surface area contributed by atoms with E-state index >= 15 is 0 Å². The highest BCUT2D eigenvalue weighted by molar-refractivity contribution is 8.16. The number of hydrogen-bond acceptors (Lipinski definition) is 4. The van der Waals surface area contributed by atoms with Crippen molar-refractivity contribution in [2.45, 2.75) is 11.0 Å². The first-order valence-corrected chi connectivity index (χ1v) is 9.65. The smallest absolute Gasteiger partial charge is 0.122 e. The third kappa shape index (κ3) is 4.62. The van der Waals surface area contributed by atoms with Gasteiger partial charge in [0.1, 0.15) is 24.7 Å². The van der Waals surface area contributed by atoms with Crippen LogP contribution in [0.25, 0.3) is 0 Å². The maximum absolute atomic E-state index is 5.73. The summed E-state index contributed by atoms with van der Waals surface area (Å²) >= 11 is 4.09. The lowest BCUT2D eigenvalue weighted by molar-refractivity contribution is 0.217. The Labute approximate surface area is 140 Å². The van der Waals surface area contributed by atoms with Gasteiger partial charge in [0, 0.05) is 0 Å². The van der Waals surface area contributed by atoms with Gasteiger partial charge in [0.05, 0.1) is 4.58 Å². The number of thioether (sulfide) groups is 2. The van der Waals surface area contributed by atoms with Crippen molar-refractivity contribution in [1.29, 1.82) is 0 Å². The van der Waals surface area contributed by atoms with E-state index in [1.165, 1.54) is 23.5 Å². The van der Waals surface area contributed by atoms with Gasteiger partial charge in [0.2, 0.25) is 0 Å². The second kappa shape index (κ2) is 8.39. The highest BCUT2D eigenvalue weighted by atomic mass is 32.2. The first-order valence-electron chi connectivity index (χ1n) is 7.56. The van der Waals surface area contributed by atoms with E-state index in [9.17, 15) is 0 Å². The first kappa shape index (κ1) is 15.6. The monoisotopic (exact) mass is 332 g/mol. The predicted octanol–water partition coefficient (Wildman–Crippen LogP) is 5.01. The molecule has 0 N–H and O–H groups in total. The van der Waals surface area contributed by atoms with Crippen molar-refractivity contribution in [2.24, 2.45) is 0 Å². The SMILES string of the molecule is c1ccc(OCCOc2ccc(C3SCCCS3)cc2)cc1. The molecule has 3 rings (SSSR count). The van der Waals surface area contributed by atoms with Crippen molar-refractivity contribution in [3.8, 4) is 11.5 Å². The van der Waals surface area contributed by atoms with Crippen LogP contribution < -0.4 is 9.47 Å². The van der Waals surface area contributed by atoms with E-state index in [1.54, 1.807) is 0 Å². The summed E-state index contributed by atoms with van der Waals surface area (Å²) in [6, 6.07) is 18.3. The molecule has 2 nitrogen and oxygen atoms in total. The predicted molar refractivity (Wildman–Crippen MR) is 96.1 cm³/mol. The maximum Gasteiger partial charge on any atom is 0.122 e. The number of para-hydroxylation sites is 1. The zero-order valence-electron chi connectivity index (χ0n) is 12.4. The third-order valence-electron chi connectivity index (χ3n) is 3.34. The van der Waals surface area contributed by atoms with Crippen LogP contribution in [0.15, 0.2) is 54.6 Å². The number of benzene rings is 2. The lowest BCUT2D eigenvalue weighted by Crippen LogP contribution is -2.09. The van der Waals surface area contributed by atoms with E-state index in [2.05, 4.69) is 24.3 Å². The number of ether oxygens (including phenoxy) is 2. The molecule has 1 aliphatic rings. The van der Waals surface area contributed by atoms with Crippen molar-refractivity contribution in [2.75, 3.05) is 24.7 Å². The summed E-state index contributed by atoms with van der Waals surface area (Å²) in [4.78, 5) is 0. The molecule has 0 bridgehead atoms. The van der Waals surface area contributed by atoms with Crippen LogP contribution in [0, 0.1) is 0 Å². The number of hydrogen-bond donors (Lipinski definition) is 0. The maximum atomic E-state index is 5.73. The molecule has 0 aliphatic carbocycles. The second-order valence-corrected chi connectivity index (χ2v) is 7.73. The summed E-state index contributed by atoms with van der Waals surface area (Å²) in [5.74, 6) is 4.33. The van der Waals surface area contributed by atoms with Gasteiger partial charge in [-0.1, -0.05) is 30.3 Å². The van der Waals surface area contributed by atoms with Crippen LogP contribution >= 0.6 is 23.5 Å². The zero-order chi connectivity index (χ0) is 15.0. The van der Waals surface area contributed by atoms with E-state index in [-0.39, 0.29) is 0 Å². The molecule has 0 unspecified atom stereocenters. The Hall–Kier alpha value is -1.26. The van der Waals surface area contributed by atoms with Gasteiger partial charge in [0.25, 0.3) is 0 Å². The lowest BCUT2D eigenvalue weighted by atomic mass is 10.2. The fraction of sp³-hybridized carbons (Fsp3) is 0.333. The van der Waals surface area contributed by atoms with E-state index in [1.807, 2.05) is 53.9 Å². The molecule has 0 radical (unpaired) electrons. The third-order valence-corrected chi connectivity index (χ3v) is 6.36. The summed E-state index contributed by atoms with van der Waals surface area (Å²) < 4.78 is 11.9. The highest BCUT2D eigenvalue weighted by Gasteiger charge is 2.16. The Morgan fingerprint density at radius 3 is 2.00 bits per heavy atom. The fourth-order valence-electron chi connectivity index (χ4n) is 2.24. The summed E-state index contributed by atoms with van der Waals surface area (Å²) in [7, 11) is 0. The van der Waals surface area contributed by atoms with Gasteiger partial charge in [-0.3, -0.25) is 0 Å². The van der Waals surface area contributed by atoms with E-state index in [0.29, 0.717) is 17.8 Å². The Morgan fingerprint density at radius 1 is 0.773 bits per heavy atom. The Morgan fingerprint density at radius 2 is 1.36 bits per heavy atom. The summed E-state index contributed by atoms with van der Waals surface area (Å²) in [5.41, 5.74) is 1.39. The first-order chi connectivity index (χ1) is 10.9. The molecule has 2 aromatic rings. The fourth-order valence-corrected chi connectivity index (χ4v) is 5.13. The van der Waals surface area contributed by atoms with Gasteiger partial charge in [-0.25, -0.2) is 0 Å². The molecular formula is C18H20O2S2. The van der Waals surface area contributed by atoms with Gasteiger partial charge in [-0.05, 0) is 47.8 Å². The minimum absolute atomic E-state index is 0.556. The molecule has 0 spiro atoms. The molecule has 0 saturated carbocycles. The Bertz CT molecular complexity index is 551. The van der Waals surface area contributed by atoms with Crippen LogP contribution in [0.1, 0.15) is 16.6 Å².